The van der Waals surface area contributed by atoms with E-state index in [-0.39, 0.29) is 35.4 Å². The van der Waals surface area contributed by atoms with Crippen LogP contribution < -0.4 is 21.1 Å². The van der Waals surface area contributed by atoms with Gasteiger partial charge in [-0.25, -0.2) is 8.78 Å². The summed E-state index contributed by atoms with van der Waals surface area (Å²) in [5.74, 6) is -1.28. The monoisotopic (exact) mass is 654 g/mol. The maximum absolute atomic E-state index is 13.5. The van der Waals surface area contributed by atoms with Crippen LogP contribution in [0, 0.1) is 24.5 Å². The third-order valence-corrected chi connectivity index (χ3v) is 8.32. The van der Waals surface area contributed by atoms with Crippen molar-refractivity contribution in [1.82, 2.24) is 4.90 Å². The first-order chi connectivity index (χ1) is 22.1. The van der Waals surface area contributed by atoms with Crippen molar-refractivity contribution in [2.75, 3.05) is 36.9 Å². The Balaban J connectivity index is 0.000000244. The number of carbonyl (C=O) groups excluding carboxylic acids is 3. The van der Waals surface area contributed by atoms with Crippen LogP contribution in [0.1, 0.15) is 49.9 Å². The number of nitrogens with two attached hydrogens (primary N) is 1. The predicted molar refractivity (Wildman–Crippen MR) is 177 cm³/mol. The van der Waals surface area contributed by atoms with Gasteiger partial charge in [0, 0.05) is 41.4 Å². The van der Waals surface area contributed by atoms with Crippen LogP contribution in [0.2, 0.25) is 0 Å². The first-order valence-corrected chi connectivity index (χ1v) is 15.9. The van der Waals surface area contributed by atoms with E-state index in [4.69, 9.17) is 10.5 Å². The lowest BCUT2D eigenvalue weighted by Gasteiger charge is -2.16. The number of benzene rings is 3. The van der Waals surface area contributed by atoms with Crippen molar-refractivity contribution in [2.24, 2.45) is 5.73 Å². The van der Waals surface area contributed by atoms with Crippen LogP contribution in [0.3, 0.4) is 0 Å². The second-order valence-electron chi connectivity index (χ2n) is 10.1. The maximum Gasteiger partial charge on any atom is 0.248 e. The molecule has 0 spiro atoms. The number of halogens is 2. The highest BCUT2D eigenvalue weighted by Crippen LogP contribution is 2.30. The highest BCUT2D eigenvalue weighted by molar-refractivity contribution is 7.86. The Hall–Kier alpha value is -4.76. The minimum Gasteiger partial charge on any atom is -0.491 e. The van der Waals surface area contributed by atoms with Crippen molar-refractivity contribution in [3.05, 3.63) is 83.9 Å². The summed E-state index contributed by atoms with van der Waals surface area (Å²) in [6, 6.07) is 17.4. The van der Waals surface area contributed by atoms with Crippen LogP contribution in [0.4, 0.5) is 20.2 Å². The zero-order valence-corrected chi connectivity index (χ0v) is 26.8. The molecular weight excluding hydrogens is 614 g/mol. The number of amides is 3. The minimum absolute atomic E-state index is 0.0130. The smallest absolute Gasteiger partial charge is 0.248 e. The molecule has 1 aliphatic heterocycles. The SMILES string of the molecule is C#C.CC(=O)Nc1ccc(S(=O)C2CC2)cc1.CCOc1ccccc1F.NC(=O)c1ccc(F)c(NCC(=O)N2CCCC2)c1. The fourth-order valence-electron chi connectivity index (χ4n) is 4.13. The van der Waals surface area contributed by atoms with E-state index >= 15 is 0 Å². The fourth-order valence-corrected chi connectivity index (χ4v) is 5.48. The Morgan fingerprint density at radius 3 is 2.15 bits per heavy atom. The molecule has 3 aromatic rings. The number of ether oxygens (including phenoxy) is 1. The van der Waals surface area contributed by atoms with Gasteiger partial charge in [0.25, 0.3) is 0 Å². The number of anilines is 2. The highest BCUT2D eigenvalue weighted by Gasteiger charge is 2.29. The Bertz CT molecular complexity index is 1490. The molecule has 46 heavy (non-hydrogen) atoms. The van der Waals surface area contributed by atoms with Crippen LogP contribution in [0.15, 0.2) is 71.6 Å². The van der Waals surface area contributed by atoms with Crippen LogP contribution in [-0.4, -0.2) is 58.3 Å². The molecule has 1 atom stereocenters. The molecule has 5 rings (SSSR count). The Morgan fingerprint density at radius 2 is 1.61 bits per heavy atom. The largest absolute Gasteiger partial charge is 0.491 e. The minimum atomic E-state index is -0.858. The van der Waals surface area contributed by atoms with Gasteiger partial charge < -0.3 is 26.0 Å². The standard InChI is InChI=1S/C13H16FN3O2.C11H13NO2S.C8H9FO.C2H2/c14-10-4-3-9(13(15)19)7-11(10)16-8-12(18)17-5-1-2-6-17;1-8(13)12-9-2-4-10(5-3-9)15(14)11-6-7-11;1-2-10-8-6-4-3-5-7(8)9;1-2/h3-4,7,16H,1-2,5-6,8H2,(H2,15,19);2-5,11H,6-7H2,1H3,(H,12,13);3-6H,2H2,1H3;1-2H. The summed E-state index contributed by atoms with van der Waals surface area (Å²) >= 11 is 0. The van der Waals surface area contributed by atoms with Crippen molar-refractivity contribution >= 4 is 39.9 Å². The molecule has 3 aromatic carbocycles. The van der Waals surface area contributed by atoms with Gasteiger partial charge in [-0.05, 0) is 87.2 Å². The summed E-state index contributed by atoms with van der Waals surface area (Å²) in [4.78, 5) is 36.2. The predicted octanol–water partition coefficient (Wildman–Crippen LogP) is 5.35. The maximum atomic E-state index is 13.5. The van der Waals surface area contributed by atoms with Gasteiger partial charge in [-0.15, -0.1) is 12.8 Å². The molecule has 9 nitrogen and oxygen atoms in total. The number of para-hydroxylation sites is 1. The van der Waals surface area contributed by atoms with E-state index in [1.807, 2.05) is 19.1 Å². The van der Waals surface area contributed by atoms with Crippen LogP contribution in [-0.2, 0) is 20.4 Å². The van der Waals surface area contributed by atoms with E-state index in [9.17, 15) is 27.4 Å². The summed E-state index contributed by atoms with van der Waals surface area (Å²) < 4.78 is 42.9. The number of nitrogens with zero attached hydrogens (tertiary/aromatic N) is 1. The van der Waals surface area contributed by atoms with E-state index in [0.717, 1.165) is 55.4 Å². The van der Waals surface area contributed by atoms with Gasteiger partial charge in [-0.2, -0.15) is 0 Å². The molecule has 12 heteroatoms. The lowest BCUT2D eigenvalue weighted by molar-refractivity contribution is -0.128. The summed E-state index contributed by atoms with van der Waals surface area (Å²) in [5.41, 5.74) is 6.19. The Kier molecular flexibility index (Phi) is 15.9. The lowest BCUT2D eigenvalue weighted by Crippen LogP contribution is -2.33. The molecule has 0 bridgehead atoms. The molecule has 2 aliphatic rings. The molecule has 246 valence electrons. The summed E-state index contributed by atoms with van der Waals surface area (Å²) in [7, 11) is -0.858. The van der Waals surface area contributed by atoms with Crippen LogP contribution >= 0.6 is 0 Å². The number of terminal acetylenes is 1. The van der Waals surface area contributed by atoms with Crippen molar-refractivity contribution in [2.45, 2.75) is 49.7 Å². The molecule has 1 aliphatic carbocycles. The van der Waals surface area contributed by atoms with Crippen LogP contribution in [0.25, 0.3) is 0 Å². The van der Waals surface area contributed by atoms with Gasteiger partial charge in [-0.1, -0.05) is 12.1 Å². The number of likely N-dealkylation sites (tertiary alicyclic amines) is 1. The van der Waals surface area contributed by atoms with Crippen molar-refractivity contribution in [1.29, 1.82) is 0 Å². The first kappa shape index (κ1) is 37.4. The zero-order valence-electron chi connectivity index (χ0n) is 26.0. The van der Waals surface area contributed by atoms with Gasteiger partial charge >= 0.3 is 0 Å². The van der Waals surface area contributed by atoms with Crippen molar-refractivity contribution < 1.29 is 32.1 Å². The summed E-state index contributed by atoms with van der Waals surface area (Å²) in [5, 5.41) is 5.75. The van der Waals surface area contributed by atoms with Crippen LogP contribution in [0.5, 0.6) is 5.75 Å². The van der Waals surface area contributed by atoms with Gasteiger partial charge in [-0.3, -0.25) is 18.6 Å². The number of hydrogen-bond acceptors (Lipinski definition) is 6. The average molecular weight is 655 g/mol. The molecule has 1 heterocycles. The van der Waals surface area contributed by atoms with E-state index in [1.54, 1.807) is 35.2 Å². The van der Waals surface area contributed by atoms with Gasteiger partial charge in [0.1, 0.15) is 5.82 Å². The van der Waals surface area contributed by atoms with E-state index < -0.39 is 22.5 Å². The molecule has 1 saturated carbocycles. The van der Waals surface area contributed by atoms with Gasteiger partial charge in [0.05, 0.1) is 29.6 Å². The Morgan fingerprint density at radius 1 is 0.978 bits per heavy atom. The van der Waals surface area contributed by atoms with Crippen molar-refractivity contribution in [3.8, 4) is 18.6 Å². The van der Waals surface area contributed by atoms with E-state index in [2.05, 4.69) is 23.5 Å². The Labute approximate surface area is 271 Å². The van der Waals surface area contributed by atoms with Gasteiger partial charge in [0.2, 0.25) is 17.7 Å². The molecule has 0 aromatic heterocycles. The molecule has 1 saturated heterocycles. The third-order valence-electron chi connectivity index (χ3n) is 6.51. The molecular formula is C34H40F2N4O5S. The zero-order chi connectivity index (χ0) is 34.1. The second-order valence-corrected chi connectivity index (χ2v) is 11.8. The number of hydrogen-bond donors (Lipinski definition) is 3. The molecule has 0 radical (unpaired) electrons. The van der Waals surface area contributed by atoms with E-state index in [1.165, 1.54) is 25.1 Å². The third kappa shape index (κ3) is 12.7. The average Bonchev–Trinajstić information content (AvgIpc) is 3.76. The molecule has 2 fully saturated rings. The number of primary amides is 1. The number of rotatable bonds is 9. The summed E-state index contributed by atoms with van der Waals surface area (Å²) in [6.07, 6.45) is 12.2. The molecule has 1 unspecified atom stereocenters. The molecule has 4 N–H and O–H groups in total. The van der Waals surface area contributed by atoms with Gasteiger partial charge in [0.15, 0.2) is 11.6 Å². The van der Waals surface area contributed by atoms with Crippen molar-refractivity contribution in [3.63, 3.8) is 0 Å². The van der Waals surface area contributed by atoms with E-state index in [0.29, 0.717) is 17.6 Å². The molecule has 3 amide bonds. The lowest BCUT2D eigenvalue weighted by atomic mass is 10.2. The fraction of sp³-hybridized carbons (Fsp3) is 0.324. The number of nitrogens with one attached hydrogen (secondary N) is 2. The number of carbonyl (C=O) groups is 3. The quantitative estimate of drug-likeness (QED) is 0.267. The normalized spacial score (nSPS) is 13.7. The second kappa shape index (κ2) is 19.6. The topological polar surface area (TPSA) is 131 Å². The highest BCUT2D eigenvalue weighted by atomic mass is 32.2. The first-order valence-electron chi connectivity index (χ1n) is 14.7. The summed E-state index contributed by atoms with van der Waals surface area (Å²) in [6.45, 7) is 5.32.